The molecule has 212 valence electrons. The van der Waals surface area contributed by atoms with E-state index < -0.39 is 5.97 Å². The Balaban J connectivity index is 1.08. The normalized spacial score (nSPS) is 25.8. The van der Waals surface area contributed by atoms with Crippen molar-refractivity contribution in [2.75, 3.05) is 6.61 Å². The van der Waals surface area contributed by atoms with Crippen LogP contribution < -0.4 is 4.74 Å². The van der Waals surface area contributed by atoms with Crippen molar-refractivity contribution in [3.8, 4) is 16.9 Å². The lowest BCUT2D eigenvalue weighted by Crippen LogP contribution is -2.49. The molecule has 7 rings (SSSR count). The summed E-state index contributed by atoms with van der Waals surface area (Å²) in [6, 6.07) is 20.0. The summed E-state index contributed by atoms with van der Waals surface area (Å²) < 4.78 is 6.39. The van der Waals surface area contributed by atoms with Crippen molar-refractivity contribution in [2.24, 2.45) is 29.1 Å². The number of benzene rings is 3. The lowest BCUT2D eigenvalue weighted by molar-refractivity contribution is -0.0933. The van der Waals surface area contributed by atoms with Crippen LogP contribution >= 0.6 is 0 Å². The van der Waals surface area contributed by atoms with Gasteiger partial charge in [-0.25, -0.2) is 4.79 Å². The molecule has 1 N–H and O–H groups in total. The van der Waals surface area contributed by atoms with Gasteiger partial charge in [0.05, 0.1) is 12.2 Å². The lowest BCUT2D eigenvalue weighted by Gasteiger charge is -2.60. The third-order valence-electron chi connectivity index (χ3n) is 10.6. The molecular weight excluding hydrogens is 492 g/mol. The maximum Gasteiger partial charge on any atom is 0.335 e. The fourth-order valence-corrected chi connectivity index (χ4v) is 9.05. The van der Waals surface area contributed by atoms with Crippen molar-refractivity contribution < 1.29 is 14.6 Å². The van der Waals surface area contributed by atoms with Gasteiger partial charge < -0.3 is 9.84 Å². The minimum Gasteiger partial charge on any atom is -0.494 e. The van der Waals surface area contributed by atoms with Crippen molar-refractivity contribution in [3.05, 3.63) is 66.2 Å². The number of hydrogen-bond acceptors (Lipinski definition) is 2. The number of carboxylic acid groups (broad SMARTS) is 1. The molecule has 3 nitrogen and oxygen atoms in total. The summed E-state index contributed by atoms with van der Waals surface area (Å²) in [5.74, 6) is 3.92. The number of unbranched alkanes of at least 4 members (excludes halogenated alkanes) is 4. The zero-order valence-corrected chi connectivity index (χ0v) is 24.2. The van der Waals surface area contributed by atoms with Crippen LogP contribution in [0, 0.1) is 29.1 Å². The number of fused-ring (bicyclic) bond motifs is 1. The fraction of sp³-hybridized carbons (Fsp3) is 0.541. The van der Waals surface area contributed by atoms with E-state index in [4.69, 9.17) is 4.74 Å². The molecule has 0 spiro atoms. The molecule has 0 aromatic heterocycles. The number of carboxylic acids is 1. The molecule has 4 aliphatic carbocycles. The van der Waals surface area contributed by atoms with Crippen LogP contribution in [0.3, 0.4) is 0 Å². The van der Waals surface area contributed by atoms with Crippen LogP contribution in [-0.2, 0) is 0 Å². The Morgan fingerprint density at radius 2 is 1.43 bits per heavy atom. The first-order valence-corrected chi connectivity index (χ1v) is 16.0. The van der Waals surface area contributed by atoms with Crippen molar-refractivity contribution in [1.82, 2.24) is 0 Å². The Labute approximate surface area is 240 Å². The Morgan fingerprint density at radius 3 is 2.10 bits per heavy atom. The highest BCUT2D eigenvalue weighted by atomic mass is 16.5. The molecule has 4 fully saturated rings. The summed E-state index contributed by atoms with van der Waals surface area (Å²) in [5, 5.41) is 11.3. The predicted octanol–water partition coefficient (Wildman–Crippen LogP) is 10.2. The third kappa shape index (κ3) is 5.94. The van der Waals surface area contributed by atoms with E-state index in [2.05, 4.69) is 43.3 Å². The molecule has 0 amide bonds. The molecule has 3 aromatic rings. The summed E-state index contributed by atoms with van der Waals surface area (Å²) >= 11 is 0. The van der Waals surface area contributed by atoms with Crippen molar-refractivity contribution >= 4 is 16.7 Å². The molecule has 3 aromatic carbocycles. The summed E-state index contributed by atoms with van der Waals surface area (Å²) in [6.45, 7) is 3.13. The van der Waals surface area contributed by atoms with E-state index in [1.807, 2.05) is 12.1 Å². The van der Waals surface area contributed by atoms with Gasteiger partial charge in [0.15, 0.2) is 0 Å². The van der Waals surface area contributed by atoms with Gasteiger partial charge >= 0.3 is 5.97 Å². The molecule has 0 aliphatic heterocycles. The first-order valence-electron chi connectivity index (χ1n) is 16.0. The molecule has 0 radical (unpaired) electrons. The second-order valence-corrected chi connectivity index (χ2v) is 13.4. The molecule has 4 saturated carbocycles. The van der Waals surface area contributed by atoms with Gasteiger partial charge in [-0.2, -0.15) is 0 Å². The monoisotopic (exact) mass is 538 g/mol. The quantitative estimate of drug-likeness (QED) is 0.220. The average molecular weight is 539 g/mol. The molecule has 40 heavy (non-hydrogen) atoms. The zero-order chi connectivity index (χ0) is 27.5. The van der Waals surface area contributed by atoms with Crippen LogP contribution in [-0.4, -0.2) is 17.7 Å². The van der Waals surface area contributed by atoms with Gasteiger partial charge in [-0.15, -0.1) is 0 Å². The minimum atomic E-state index is -0.891. The molecule has 1 atom stereocenters. The summed E-state index contributed by atoms with van der Waals surface area (Å²) in [6.07, 6.45) is 18.5. The van der Waals surface area contributed by atoms with Crippen molar-refractivity contribution in [1.29, 1.82) is 0 Å². The van der Waals surface area contributed by atoms with Crippen LogP contribution in [0.4, 0.5) is 0 Å². The number of hydrogen-bond donors (Lipinski definition) is 1. The van der Waals surface area contributed by atoms with Gasteiger partial charge in [-0.05, 0) is 133 Å². The van der Waals surface area contributed by atoms with E-state index in [-0.39, 0.29) is 0 Å². The number of ether oxygens (including phenoxy) is 1. The minimum absolute atomic E-state index is 0.323. The molecular formula is C37H46O3. The summed E-state index contributed by atoms with van der Waals surface area (Å²) in [7, 11) is 0. The first kappa shape index (κ1) is 27.4. The highest BCUT2D eigenvalue weighted by molar-refractivity contribution is 5.95. The van der Waals surface area contributed by atoms with Gasteiger partial charge in [-0.1, -0.05) is 69.4 Å². The summed E-state index contributed by atoms with van der Waals surface area (Å²) in [4.78, 5) is 11.3. The first-order chi connectivity index (χ1) is 19.5. The maximum atomic E-state index is 11.3. The molecule has 3 heteroatoms. The highest BCUT2D eigenvalue weighted by Gasteiger charge is 2.53. The fourth-order valence-electron chi connectivity index (χ4n) is 9.05. The molecule has 1 unspecified atom stereocenters. The van der Waals surface area contributed by atoms with Gasteiger partial charge in [0.2, 0.25) is 0 Å². The standard InChI is InChI=1S/C37H46O3/c1-2-3-4-5-6-7-34(37-23-26-18-27(24-37)20-28(19-26)25-37)16-17-40-35-14-12-29(13-15-35)30-8-9-32-22-33(36(38)39)11-10-31(32)21-30/h8-15,21-22,26-28,34H,2-7,16-20,23-25H2,1H3,(H,38,39). The SMILES string of the molecule is CCCCCCCC(CCOc1ccc(-c2ccc3cc(C(=O)O)ccc3c2)cc1)C12CC3CC(CC(C3)C1)C2. The Kier molecular flexibility index (Phi) is 8.19. The van der Waals surface area contributed by atoms with Gasteiger partial charge in [0.1, 0.15) is 5.75 Å². The second kappa shape index (κ2) is 12.0. The van der Waals surface area contributed by atoms with Crippen molar-refractivity contribution in [3.63, 3.8) is 0 Å². The second-order valence-electron chi connectivity index (χ2n) is 13.4. The molecule has 0 saturated heterocycles. The number of aromatic carboxylic acids is 1. The lowest BCUT2D eigenvalue weighted by atomic mass is 9.46. The van der Waals surface area contributed by atoms with Crippen LogP contribution in [0.15, 0.2) is 60.7 Å². The highest BCUT2D eigenvalue weighted by Crippen LogP contribution is 2.64. The van der Waals surface area contributed by atoms with Crippen LogP contribution in [0.2, 0.25) is 0 Å². The van der Waals surface area contributed by atoms with Crippen LogP contribution in [0.5, 0.6) is 5.75 Å². The van der Waals surface area contributed by atoms with Crippen LogP contribution in [0.25, 0.3) is 21.9 Å². The average Bonchev–Trinajstić information content (AvgIpc) is 2.95. The topological polar surface area (TPSA) is 46.5 Å². The molecule has 4 bridgehead atoms. The number of rotatable bonds is 13. The largest absolute Gasteiger partial charge is 0.494 e. The van der Waals surface area contributed by atoms with E-state index in [1.54, 1.807) is 12.1 Å². The Bertz CT molecular complexity index is 1270. The molecule has 4 aliphatic rings. The van der Waals surface area contributed by atoms with Gasteiger partial charge in [0.25, 0.3) is 0 Å². The maximum absolute atomic E-state index is 11.3. The van der Waals surface area contributed by atoms with Gasteiger partial charge in [-0.3, -0.25) is 0 Å². The third-order valence-corrected chi connectivity index (χ3v) is 10.6. The van der Waals surface area contributed by atoms with E-state index in [0.29, 0.717) is 11.0 Å². The van der Waals surface area contributed by atoms with E-state index in [9.17, 15) is 9.90 Å². The van der Waals surface area contributed by atoms with E-state index in [0.717, 1.165) is 57.9 Å². The Morgan fingerprint density at radius 1 is 0.800 bits per heavy atom. The molecule has 0 heterocycles. The smallest absolute Gasteiger partial charge is 0.335 e. The van der Waals surface area contributed by atoms with E-state index in [1.165, 1.54) is 83.5 Å². The summed E-state index contributed by atoms with van der Waals surface area (Å²) in [5.41, 5.74) is 3.21. The Hall–Kier alpha value is -2.81. The van der Waals surface area contributed by atoms with Crippen LogP contribution in [0.1, 0.15) is 101 Å². The van der Waals surface area contributed by atoms with Crippen molar-refractivity contribution in [2.45, 2.75) is 90.4 Å². The van der Waals surface area contributed by atoms with E-state index >= 15 is 0 Å². The van der Waals surface area contributed by atoms with Gasteiger partial charge in [0, 0.05) is 0 Å². The predicted molar refractivity (Wildman–Crippen MR) is 164 cm³/mol. The number of carbonyl (C=O) groups is 1. The zero-order valence-electron chi connectivity index (χ0n) is 24.2.